The molecule has 84 valence electrons. The molecule has 0 saturated carbocycles. The van der Waals surface area contributed by atoms with E-state index in [4.69, 9.17) is 9.52 Å². The summed E-state index contributed by atoms with van der Waals surface area (Å²) in [5.74, 6) is -1.13. The molecule has 2 aromatic rings. The van der Waals surface area contributed by atoms with Gasteiger partial charge in [0.1, 0.15) is 6.26 Å². The van der Waals surface area contributed by atoms with E-state index in [0.29, 0.717) is 0 Å². The number of halogens is 1. The molecular weight excluding hydrogens is 278 g/mol. The molecule has 7 heteroatoms. The van der Waals surface area contributed by atoms with Crippen LogP contribution in [0.15, 0.2) is 15.2 Å². The van der Waals surface area contributed by atoms with Gasteiger partial charge in [-0.25, -0.2) is 4.79 Å². The van der Waals surface area contributed by atoms with Crippen LogP contribution in [0.25, 0.3) is 6.01 Å². The molecule has 0 fully saturated rings. The Bertz CT molecular complexity index is 558. The summed E-state index contributed by atoms with van der Waals surface area (Å²) < 4.78 is 7.35. The Morgan fingerprint density at radius 2 is 2.25 bits per heavy atom. The lowest BCUT2D eigenvalue weighted by Gasteiger charge is -1.96. The predicted molar refractivity (Wildman–Crippen MR) is 57.8 cm³/mol. The first kappa shape index (κ1) is 10.9. The first-order valence-corrected chi connectivity index (χ1v) is 5.21. The summed E-state index contributed by atoms with van der Waals surface area (Å²) in [5, 5.41) is 12.9. The number of carboxylic acid groups (broad SMARTS) is 1. The van der Waals surface area contributed by atoms with Crippen LogP contribution in [0.4, 0.5) is 0 Å². The normalized spacial score (nSPS) is 10.7. The van der Waals surface area contributed by atoms with Crippen LogP contribution in [0.5, 0.6) is 0 Å². The third-order valence-electron chi connectivity index (χ3n) is 2.10. The van der Waals surface area contributed by atoms with Crippen molar-refractivity contribution >= 4 is 21.9 Å². The Balaban J connectivity index is 2.50. The number of aromatic nitrogens is 3. The third-order valence-corrected chi connectivity index (χ3v) is 3.24. The van der Waals surface area contributed by atoms with Gasteiger partial charge in [0.15, 0.2) is 5.69 Å². The summed E-state index contributed by atoms with van der Waals surface area (Å²) >= 11 is 3.36. The van der Waals surface area contributed by atoms with Crippen LogP contribution in [0.3, 0.4) is 0 Å². The molecule has 0 aliphatic carbocycles. The molecule has 0 aromatic carbocycles. The van der Waals surface area contributed by atoms with E-state index in [1.54, 1.807) is 0 Å². The topological polar surface area (TPSA) is 81.2 Å². The lowest BCUT2D eigenvalue weighted by molar-refractivity contribution is 0.0690. The summed E-state index contributed by atoms with van der Waals surface area (Å²) in [5.41, 5.74) is 1.45. The van der Waals surface area contributed by atoms with Crippen molar-refractivity contribution in [3.8, 4) is 6.01 Å². The fourth-order valence-electron chi connectivity index (χ4n) is 1.27. The van der Waals surface area contributed by atoms with E-state index in [-0.39, 0.29) is 11.7 Å². The first-order valence-electron chi connectivity index (χ1n) is 4.41. The highest BCUT2D eigenvalue weighted by molar-refractivity contribution is 9.10. The van der Waals surface area contributed by atoms with Crippen molar-refractivity contribution in [2.45, 2.75) is 13.8 Å². The quantitative estimate of drug-likeness (QED) is 0.912. The number of oxazole rings is 1. The number of carbonyl (C=O) groups is 1. The second-order valence-corrected chi connectivity index (χ2v) is 4.01. The van der Waals surface area contributed by atoms with E-state index < -0.39 is 5.97 Å². The molecule has 0 spiro atoms. The van der Waals surface area contributed by atoms with Gasteiger partial charge in [0.25, 0.3) is 0 Å². The van der Waals surface area contributed by atoms with Crippen molar-refractivity contribution in [3.63, 3.8) is 0 Å². The number of nitrogens with zero attached hydrogens (tertiary/aromatic N) is 3. The minimum Gasteiger partial charge on any atom is -0.476 e. The highest BCUT2D eigenvalue weighted by Gasteiger charge is 2.16. The molecule has 1 N–H and O–H groups in total. The number of hydrogen-bond acceptors (Lipinski definition) is 4. The van der Waals surface area contributed by atoms with Crippen LogP contribution >= 0.6 is 15.9 Å². The summed E-state index contributed by atoms with van der Waals surface area (Å²) in [7, 11) is 0. The van der Waals surface area contributed by atoms with E-state index >= 15 is 0 Å². The zero-order chi connectivity index (χ0) is 11.9. The van der Waals surface area contributed by atoms with E-state index in [9.17, 15) is 4.79 Å². The lowest BCUT2D eigenvalue weighted by atomic mass is 10.4. The van der Waals surface area contributed by atoms with Gasteiger partial charge in [0.2, 0.25) is 0 Å². The van der Waals surface area contributed by atoms with Gasteiger partial charge in [-0.3, -0.25) is 0 Å². The molecule has 0 atom stereocenters. The van der Waals surface area contributed by atoms with Gasteiger partial charge in [-0.05, 0) is 29.8 Å². The van der Waals surface area contributed by atoms with Gasteiger partial charge in [-0.1, -0.05) is 0 Å². The van der Waals surface area contributed by atoms with E-state index in [1.165, 1.54) is 4.68 Å². The van der Waals surface area contributed by atoms with Crippen molar-refractivity contribution < 1.29 is 14.3 Å². The molecule has 0 aliphatic heterocycles. The molecule has 0 unspecified atom stereocenters. The molecule has 16 heavy (non-hydrogen) atoms. The van der Waals surface area contributed by atoms with Crippen LogP contribution in [0.1, 0.15) is 21.9 Å². The van der Waals surface area contributed by atoms with Crippen LogP contribution < -0.4 is 0 Å². The predicted octanol–water partition coefficient (Wildman–Crippen LogP) is 1.94. The molecule has 2 aromatic heterocycles. The molecule has 0 aliphatic rings. The van der Waals surface area contributed by atoms with Gasteiger partial charge in [0, 0.05) is 0 Å². The number of rotatable bonds is 2. The van der Waals surface area contributed by atoms with Crippen LogP contribution in [0, 0.1) is 13.8 Å². The molecule has 2 rings (SSSR count). The lowest BCUT2D eigenvalue weighted by Crippen LogP contribution is -2.01. The standard InChI is InChI=1S/C9H8BrN3O3/c1-4-7(10)5(2)13(12-4)9-11-6(3-16-9)8(14)15/h3H,1-2H3,(H,14,15). The average molecular weight is 286 g/mol. The van der Waals surface area contributed by atoms with E-state index in [2.05, 4.69) is 26.0 Å². The summed E-state index contributed by atoms with van der Waals surface area (Å²) in [6.45, 7) is 3.66. The molecule has 0 bridgehead atoms. The van der Waals surface area contributed by atoms with Crippen molar-refractivity contribution in [2.24, 2.45) is 0 Å². The zero-order valence-electron chi connectivity index (χ0n) is 8.56. The number of carboxylic acids is 1. The first-order chi connectivity index (χ1) is 7.50. The Kier molecular flexibility index (Phi) is 2.55. The minimum atomic E-state index is -1.13. The molecule has 0 saturated heterocycles. The maximum atomic E-state index is 10.6. The van der Waals surface area contributed by atoms with Gasteiger partial charge < -0.3 is 9.52 Å². The number of aryl methyl sites for hydroxylation is 1. The van der Waals surface area contributed by atoms with Gasteiger partial charge >= 0.3 is 12.0 Å². The highest BCUT2D eigenvalue weighted by Crippen LogP contribution is 2.22. The summed E-state index contributed by atoms with van der Waals surface area (Å²) in [4.78, 5) is 14.4. The smallest absolute Gasteiger partial charge is 0.357 e. The fourth-order valence-corrected chi connectivity index (χ4v) is 1.52. The molecule has 0 radical (unpaired) electrons. The Hall–Kier alpha value is -1.63. The molecule has 0 amide bonds. The SMILES string of the molecule is Cc1nn(-c2nc(C(=O)O)co2)c(C)c1Br. The van der Waals surface area contributed by atoms with Gasteiger partial charge in [-0.2, -0.15) is 14.8 Å². The summed E-state index contributed by atoms with van der Waals surface area (Å²) in [6.07, 6.45) is 1.09. The van der Waals surface area contributed by atoms with Crippen molar-refractivity contribution in [1.29, 1.82) is 0 Å². The Labute approximate surface area is 99.0 Å². The van der Waals surface area contributed by atoms with E-state index in [1.807, 2.05) is 13.8 Å². The Morgan fingerprint density at radius 1 is 1.56 bits per heavy atom. The van der Waals surface area contributed by atoms with Gasteiger partial charge in [0.05, 0.1) is 15.9 Å². The number of aromatic carboxylic acids is 1. The van der Waals surface area contributed by atoms with Crippen molar-refractivity contribution in [1.82, 2.24) is 14.8 Å². The molecule has 2 heterocycles. The Morgan fingerprint density at radius 3 is 2.69 bits per heavy atom. The minimum absolute atomic E-state index is 0.140. The fraction of sp³-hybridized carbons (Fsp3) is 0.222. The maximum absolute atomic E-state index is 10.6. The highest BCUT2D eigenvalue weighted by atomic mass is 79.9. The molecular formula is C9H8BrN3O3. The van der Waals surface area contributed by atoms with Crippen molar-refractivity contribution in [2.75, 3.05) is 0 Å². The monoisotopic (exact) mass is 285 g/mol. The zero-order valence-corrected chi connectivity index (χ0v) is 10.1. The maximum Gasteiger partial charge on any atom is 0.357 e. The van der Waals surface area contributed by atoms with Gasteiger partial charge in [-0.15, -0.1) is 0 Å². The largest absolute Gasteiger partial charge is 0.476 e. The molecule has 6 nitrogen and oxygen atoms in total. The second-order valence-electron chi connectivity index (χ2n) is 3.22. The average Bonchev–Trinajstić information content (AvgIpc) is 2.79. The summed E-state index contributed by atoms with van der Waals surface area (Å²) in [6, 6.07) is 0.142. The third kappa shape index (κ3) is 1.63. The van der Waals surface area contributed by atoms with E-state index in [0.717, 1.165) is 22.1 Å². The second kappa shape index (κ2) is 3.75. The van der Waals surface area contributed by atoms with Crippen LogP contribution in [-0.2, 0) is 0 Å². The number of hydrogen-bond donors (Lipinski definition) is 1. The van der Waals surface area contributed by atoms with Crippen LogP contribution in [0.2, 0.25) is 0 Å². The van der Waals surface area contributed by atoms with Crippen molar-refractivity contribution in [3.05, 3.63) is 27.8 Å². The van der Waals surface area contributed by atoms with Crippen LogP contribution in [-0.4, -0.2) is 25.8 Å².